The molecule has 0 aliphatic heterocycles. The second-order valence-electron chi connectivity index (χ2n) is 3.79. The second-order valence-corrected chi connectivity index (χ2v) is 3.79. The highest BCUT2D eigenvalue weighted by molar-refractivity contribution is 5.70. The molecule has 17 heavy (non-hydrogen) atoms. The zero-order valence-corrected chi connectivity index (χ0v) is 9.89. The average Bonchev–Trinajstić information content (AvgIpc) is 2.40. The van der Waals surface area contributed by atoms with Crippen LogP contribution in [0.5, 0.6) is 5.75 Å². The van der Waals surface area contributed by atoms with Crippen LogP contribution >= 0.6 is 0 Å². The lowest BCUT2D eigenvalue weighted by Crippen LogP contribution is -1.95. The van der Waals surface area contributed by atoms with E-state index in [1.807, 2.05) is 43.3 Å². The van der Waals surface area contributed by atoms with E-state index in [1.54, 1.807) is 0 Å². The lowest BCUT2D eigenvalue weighted by Gasteiger charge is -2.11. The predicted octanol–water partition coefficient (Wildman–Crippen LogP) is 3.24. The molecule has 88 valence electrons. The topological polar surface area (TPSA) is 29.5 Å². The van der Waals surface area contributed by atoms with Crippen molar-refractivity contribution in [2.45, 2.75) is 13.5 Å². The van der Waals surface area contributed by atoms with E-state index in [0.717, 1.165) is 22.4 Å². The van der Waals surface area contributed by atoms with Crippen molar-refractivity contribution >= 4 is 0 Å². The zero-order chi connectivity index (χ0) is 12.1. The fourth-order valence-corrected chi connectivity index (χ4v) is 1.80. The summed E-state index contributed by atoms with van der Waals surface area (Å²) in [6, 6.07) is 15.9. The molecule has 0 fully saturated rings. The third kappa shape index (κ3) is 2.66. The Labute approximate surface area is 101 Å². The molecule has 0 amide bonds. The van der Waals surface area contributed by atoms with Crippen LogP contribution in [-0.4, -0.2) is 11.7 Å². The molecule has 0 radical (unpaired) electrons. The van der Waals surface area contributed by atoms with Gasteiger partial charge in [0.15, 0.2) is 0 Å². The molecule has 0 atom stereocenters. The van der Waals surface area contributed by atoms with Gasteiger partial charge in [0, 0.05) is 5.56 Å². The number of aliphatic hydroxyl groups excluding tert-OH is 1. The van der Waals surface area contributed by atoms with Crippen LogP contribution in [0.15, 0.2) is 48.5 Å². The van der Waals surface area contributed by atoms with Gasteiger partial charge in [-0.05, 0) is 24.1 Å². The van der Waals surface area contributed by atoms with Gasteiger partial charge in [0.1, 0.15) is 5.75 Å². The molecule has 2 nitrogen and oxygen atoms in total. The molecule has 1 N–H and O–H groups in total. The molecular formula is C15H16O2. The Morgan fingerprint density at radius 2 is 1.82 bits per heavy atom. The summed E-state index contributed by atoms with van der Waals surface area (Å²) >= 11 is 0. The van der Waals surface area contributed by atoms with E-state index < -0.39 is 0 Å². The second kappa shape index (κ2) is 5.51. The fourth-order valence-electron chi connectivity index (χ4n) is 1.80. The van der Waals surface area contributed by atoms with Gasteiger partial charge in [-0.1, -0.05) is 42.5 Å². The zero-order valence-electron chi connectivity index (χ0n) is 9.89. The summed E-state index contributed by atoms with van der Waals surface area (Å²) in [5.41, 5.74) is 3.05. The van der Waals surface area contributed by atoms with Crippen LogP contribution in [0.2, 0.25) is 0 Å². The molecule has 0 saturated carbocycles. The maximum atomic E-state index is 9.14. The van der Waals surface area contributed by atoms with E-state index >= 15 is 0 Å². The Balaban J connectivity index is 2.46. The van der Waals surface area contributed by atoms with E-state index in [4.69, 9.17) is 9.84 Å². The van der Waals surface area contributed by atoms with Crippen molar-refractivity contribution in [1.82, 2.24) is 0 Å². The highest BCUT2D eigenvalue weighted by Crippen LogP contribution is 2.30. The molecule has 0 saturated heterocycles. The summed E-state index contributed by atoms with van der Waals surface area (Å²) in [5, 5.41) is 9.14. The van der Waals surface area contributed by atoms with Crippen molar-refractivity contribution in [3.63, 3.8) is 0 Å². The van der Waals surface area contributed by atoms with Gasteiger partial charge in [0.25, 0.3) is 0 Å². The Morgan fingerprint density at radius 3 is 2.47 bits per heavy atom. The van der Waals surface area contributed by atoms with Crippen LogP contribution in [0, 0.1) is 0 Å². The number of benzene rings is 2. The molecular weight excluding hydrogens is 212 g/mol. The minimum absolute atomic E-state index is 0.0368. The highest BCUT2D eigenvalue weighted by Gasteiger charge is 2.06. The summed E-state index contributed by atoms with van der Waals surface area (Å²) in [5.74, 6) is 0.824. The molecule has 0 bridgehead atoms. The Morgan fingerprint density at radius 1 is 1.06 bits per heavy atom. The first-order valence-electron chi connectivity index (χ1n) is 5.77. The first-order chi connectivity index (χ1) is 8.35. The van der Waals surface area contributed by atoms with Gasteiger partial charge in [0.05, 0.1) is 13.2 Å². The monoisotopic (exact) mass is 228 g/mol. The lowest BCUT2D eigenvalue weighted by molar-refractivity contribution is 0.280. The van der Waals surface area contributed by atoms with E-state index in [9.17, 15) is 0 Å². The minimum Gasteiger partial charge on any atom is -0.493 e. The standard InChI is InChI=1S/C15H16O2/c1-2-17-15-10-12(11-16)8-9-14(15)13-6-4-3-5-7-13/h3-10,16H,2,11H2,1H3. The molecule has 0 aliphatic rings. The molecule has 2 rings (SSSR count). The minimum atomic E-state index is 0.0368. The van der Waals surface area contributed by atoms with E-state index in [-0.39, 0.29) is 6.61 Å². The predicted molar refractivity (Wildman–Crippen MR) is 69.0 cm³/mol. The first-order valence-corrected chi connectivity index (χ1v) is 5.77. The lowest BCUT2D eigenvalue weighted by atomic mass is 10.0. The van der Waals surface area contributed by atoms with Crippen LogP contribution in [0.25, 0.3) is 11.1 Å². The average molecular weight is 228 g/mol. The van der Waals surface area contributed by atoms with Crippen LogP contribution in [0.4, 0.5) is 0 Å². The fraction of sp³-hybridized carbons (Fsp3) is 0.200. The van der Waals surface area contributed by atoms with Gasteiger partial charge in [-0.2, -0.15) is 0 Å². The van der Waals surface area contributed by atoms with Crippen LogP contribution in [0.1, 0.15) is 12.5 Å². The third-order valence-corrected chi connectivity index (χ3v) is 2.61. The maximum Gasteiger partial charge on any atom is 0.127 e. The van der Waals surface area contributed by atoms with Gasteiger partial charge in [-0.25, -0.2) is 0 Å². The maximum absolute atomic E-state index is 9.14. The SMILES string of the molecule is CCOc1cc(CO)ccc1-c1ccccc1. The van der Waals surface area contributed by atoms with Crippen molar-refractivity contribution < 1.29 is 9.84 Å². The molecule has 2 aromatic rings. The van der Waals surface area contributed by atoms with Crippen molar-refractivity contribution in [2.24, 2.45) is 0 Å². The van der Waals surface area contributed by atoms with E-state index in [0.29, 0.717) is 6.61 Å². The van der Waals surface area contributed by atoms with Gasteiger partial charge in [0.2, 0.25) is 0 Å². The highest BCUT2D eigenvalue weighted by atomic mass is 16.5. The number of hydrogen-bond acceptors (Lipinski definition) is 2. The van der Waals surface area contributed by atoms with E-state index in [2.05, 4.69) is 12.1 Å². The molecule has 0 aromatic heterocycles. The third-order valence-electron chi connectivity index (χ3n) is 2.61. The smallest absolute Gasteiger partial charge is 0.127 e. The van der Waals surface area contributed by atoms with E-state index in [1.165, 1.54) is 0 Å². The molecule has 2 aromatic carbocycles. The largest absolute Gasteiger partial charge is 0.493 e. The van der Waals surface area contributed by atoms with Crippen molar-refractivity contribution in [2.75, 3.05) is 6.61 Å². The van der Waals surface area contributed by atoms with Crippen molar-refractivity contribution in [3.8, 4) is 16.9 Å². The molecule has 0 aliphatic carbocycles. The van der Waals surface area contributed by atoms with Crippen LogP contribution < -0.4 is 4.74 Å². The van der Waals surface area contributed by atoms with Crippen molar-refractivity contribution in [1.29, 1.82) is 0 Å². The summed E-state index contributed by atoms with van der Waals surface area (Å²) in [4.78, 5) is 0. The van der Waals surface area contributed by atoms with Gasteiger partial charge >= 0.3 is 0 Å². The Bertz CT molecular complexity index is 478. The van der Waals surface area contributed by atoms with Crippen LogP contribution in [0.3, 0.4) is 0 Å². The summed E-state index contributed by atoms with van der Waals surface area (Å²) in [7, 11) is 0. The first kappa shape index (κ1) is 11.7. The molecule has 0 unspecified atom stereocenters. The summed E-state index contributed by atoms with van der Waals surface area (Å²) in [6.45, 7) is 2.62. The number of aliphatic hydroxyl groups is 1. The Kier molecular flexibility index (Phi) is 3.78. The van der Waals surface area contributed by atoms with Crippen LogP contribution in [-0.2, 0) is 6.61 Å². The number of rotatable bonds is 4. The van der Waals surface area contributed by atoms with Crippen molar-refractivity contribution in [3.05, 3.63) is 54.1 Å². The number of hydrogen-bond donors (Lipinski definition) is 1. The Hall–Kier alpha value is -1.80. The summed E-state index contributed by atoms with van der Waals surface area (Å²) < 4.78 is 5.62. The number of ether oxygens (including phenoxy) is 1. The summed E-state index contributed by atoms with van der Waals surface area (Å²) in [6.07, 6.45) is 0. The normalized spacial score (nSPS) is 10.2. The molecule has 0 spiro atoms. The molecule has 0 heterocycles. The van der Waals surface area contributed by atoms with Gasteiger partial charge < -0.3 is 9.84 Å². The van der Waals surface area contributed by atoms with Gasteiger partial charge in [-0.3, -0.25) is 0 Å². The quantitative estimate of drug-likeness (QED) is 0.870. The van der Waals surface area contributed by atoms with Gasteiger partial charge in [-0.15, -0.1) is 0 Å². The molecule has 2 heteroatoms.